The van der Waals surface area contributed by atoms with Gasteiger partial charge in [-0.3, -0.25) is 0 Å². The van der Waals surface area contributed by atoms with E-state index in [0.29, 0.717) is 0 Å². The van der Waals surface area contributed by atoms with Crippen molar-refractivity contribution >= 4 is 0 Å². The molecular weight excluding hydrogens is 150 g/mol. The number of nitrogens with one attached hydrogen (secondary N) is 1. The van der Waals surface area contributed by atoms with Gasteiger partial charge in [0.15, 0.2) is 0 Å². The molecule has 0 bridgehead atoms. The zero-order valence-corrected chi connectivity index (χ0v) is 8.27. The van der Waals surface area contributed by atoms with Gasteiger partial charge in [0.1, 0.15) is 0 Å². The molecule has 1 aliphatic carbocycles. The summed E-state index contributed by atoms with van der Waals surface area (Å²) in [4.78, 5) is 0. The van der Waals surface area contributed by atoms with Crippen LogP contribution in [-0.2, 0) is 0 Å². The van der Waals surface area contributed by atoms with Crippen molar-refractivity contribution in [3.63, 3.8) is 0 Å². The van der Waals surface area contributed by atoms with E-state index in [1.807, 2.05) is 7.05 Å². The average Bonchev–Trinajstić information content (AvgIpc) is 2.10. The van der Waals surface area contributed by atoms with E-state index >= 15 is 0 Å². The third kappa shape index (κ3) is 2.46. The summed E-state index contributed by atoms with van der Waals surface area (Å²) >= 11 is 0. The number of aliphatic hydroxyl groups is 1. The fraction of sp³-hybridized carbons (Fsp3) is 1.00. The third-order valence-corrected chi connectivity index (χ3v) is 3.19. The highest BCUT2D eigenvalue weighted by Crippen LogP contribution is 2.33. The predicted octanol–water partition coefficient (Wildman–Crippen LogP) is 1.54. The van der Waals surface area contributed by atoms with E-state index in [-0.39, 0.29) is 5.60 Å². The van der Waals surface area contributed by atoms with Crippen LogP contribution in [0.1, 0.15) is 39.0 Å². The minimum atomic E-state index is -0.329. The highest BCUT2D eigenvalue weighted by Gasteiger charge is 2.30. The summed E-state index contributed by atoms with van der Waals surface area (Å²) in [5.41, 5.74) is -0.329. The van der Waals surface area contributed by atoms with Crippen LogP contribution in [0.2, 0.25) is 0 Å². The Morgan fingerprint density at radius 3 is 2.42 bits per heavy atom. The quantitative estimate of drug-likeness (QED) is 0.675. The van der Waals surface area contributed by atoms with E-state index in [9.17, 15) is 5.11 Å². The van der Waals surface area contributed by atoms with E-state index < -0.39 is 0 Å². The molecule has 0 unspecified atom stereocenters. The lowest BCUT2D eigenvalue weighted by atomic mass is 9.77. The molecule has 0 aromatic carbocycles. The molecular formula is C10H21NO. The first kappa shape index (κ1) is 10.0. The van der Waals surface area contributed by atoms with Gasteiger partial charge in [0, 0.05) is 0 Å². The van der Waals surface area contributed by atoms with Crippen LogP contribution in [0.3, 0.4) is 0 Å². The van der Waals surface area contributed by atoms with E-state index in [2.05, 4.69) is 12.2 Å². The molecule has 0 saturated heterocycles. The molecule has 1 saturated carbocycles. The summed E-state index contributed by atoms with van der Waals surface area (Å²) in [6, 6.07) is 0. The van der Waals surface area contributed by atoms with Gasteiger partial charge in [-0.25, -0.2) is 0 Å². The highest BCUT2D eigenvalue weighted by atomic mass is 16.3. The molecule has 2 N–H and O–H groups in total. The van der Waals surface area contributed by atoms with Crippen molar-refractivity contribution < 1.29 is 5.11 Å². The van der Waals surface area contributed by atoms with Gasteiger partial charge in [-0.2, -0.15) is 0 Å². The second-order valence-electron chi connectivity index (χ2n) is 4.08. The first-order valence-electron chi connectivity index (χ1n) is 5.07. The summed E-state index contributed by atoms with van der Waals surface area (Å²) in [6.45, 7) is 3.19. The lowest BCUT2D eigenvalue weighted by molar-refractivity contribution is -0.0120. The monoisotopic (exact) mass is 171 g/mol. The summed E-state index contributed by atoms with van der Waals surface area (Å²) < 4.78 is 0. The Balaban J connectivity index is 2.29. The second kappa shape index (κ2) is 4.24. The topological polar surface area (TPSA) is 32.3 Å². The number of rotatable bonds is 3. The van der Waals surface area contributed by atoms with Crippen molar-refractivity contribution in [3.05, 3.63) is 0 Å². The van der Waals surface area contributed by atoms with Crippen LogP contribution in [0.4, 0.5) is 0 Å². The van der Waals surface area contributed by atoms with E-state index in [4.69, 9.17) is 0 Å². The van der Waals surface area contributed by atoms with Crippen molar-refractivity contribution in [2.24, 2.45) is 5.92 Å². The van der Waals surface area contributed by atoms with Crippen molar-refractivity contribution in [2.45, 2.75) is 44.6 Å². The SMILES string of the molecule is CCC1(O)CCC(CNC)CC1. The van der Waals surface area contributed by atoms with Crippen LogP contribution in [0.15, 0.2) is 0 Å². The summed E-state index contributed by atoms with van der Waals surface area (Å²) in [5.74, 6) is 0.793. The van der Waals surface area contributed by atoms with Gasteiger partial charge in [-0.1, -0.05) is 6.92 Å². The minimum Gasteiger partial charge on any atom is -0.390 e. The smallest absolute Gasteiger partial charge is 0.0645 e. The number of hydrogen-bond donors (Lipinski definition) is 2. The zero-order chi connectivity index (χ0) is 9.03. The maximum atomic E-state index is 9.95. The van der Waals surface area contributed by atoms with Gasteiger partial charge in [0.25, 0.3) is 0 Å². The Labute approximate surface area is 75.4 Å². The van der Waals surface area contributed by atoms with Crippen LogP contribution in [0.25, 0.3) is 0 Å². The molecule has 0 aromatic heterocycles. The Morgan fingerprint density at radius 1 is 1.42 bits per heavy atom. The molecule has 0 aliphatic heterocycles. The number of hydrogen-bond acceptors (Lipinski definition) is 2. The molecule has 0 atom stereocenters. The van der Waals surface area contributed by atoms with Crippen molar-refractivity contribution in [1.29, 1.82) is 0 Å². The van der Waals surface area contributed by atoms with Crippen LogP contribution in [0, 0.1) is 5.92 Å². The average molecular weight is 171 g/mol. The zero-order valence-electron chi connectivity index (χ0n) is 8.27. The van der Waals surface area contributed by atoms with Crippen LogP contribution in [-0.4, -0.2) is 24.3 Å². The van der Waals surface area contributed by atoms with Gasteiger partial charge in [0.05, 0.1) is 5.60 Å². The summed E-state index contributed by atoms with van der Waals surface area (Å²) in [7, 11) is 2.00. The first-order valence-corrected chi connectivity index (χ1v) is 5.07. The molecule has 2 nitrogen and oxygen atoms in total. The largest absolute Gasteiger partial charge is 0.390 e. The Hall–Kier alpha value is -0.0800. The third-order valence-electron chi connectivity index (χ3n) is 3.19. The van der Waals surface area contributed by atoms with Crippen molar-refractivity contribution in [1.82, 2.24) is 5.32 Å². The fourth-order valence-corrected chi connectivity index (χ4v) is 2.06. The van der Waals surface area contributed by atoms with Gasteiger partial charge in [0.2, 0.25) is 0 Å². The maximum absolute atomic E-state index is 9.95. The Morgan fingerprint density at radius 2 is 2.00 bits per heavy atom. The molecule has 2 heteroatoms. The van der Waals surface area contributed by atoms with Crippen LogP contribution in [0.5, 0.6) is 0 Å². The molecule has 12 heavy (non-hydrogen) atoms. The normalized spacial score (nSPS) is 36.8. The molecule has 0 heterocycles. The molecule has 1 rings (SSSR count). The molecule has 0 aromatic rings. The second-order valence-corrected chi connectivity index (χ2v) is 4.08. The minimum absolute atomic E-state index is 0.329. The van der Waals surface area contributed by atoms with Gasteiger partial charge < -0.3 is 10.4 Å². The fourth-order valence-electron chi connectivity index (χ4n) is 2.06. The van der Waals surface area contributed by atoms with Gasteiger partial charge in [-0.15, -0.1) is 0 Å². The lowest BCUT2D eigenvalue weighted by Crippen LogP contribution is -2.35. The molecule has 0 spiro atoms. The van der Waals surface area contributed by atoms with Crippen molar-refractivity contribution in [2.75, 3.05) is 13.6 Å². The molecule has 1 fully saturated rings. The van der Waals surface area contributed by atoms with E-state index in [0.717, 1.165) is 31.7 Å². The van der Waals surface area contributed by atoms with E-state index in [1.54, 1.807) is 0 Å². The molecule has 0 amide bonds. The first-order chi connectivity index (χ1) is 5.70. The predicted molar refractivity (Wildman–Crippen MR) is 51.1 cm³/mol. The van der Waals surface area contributed by atoms with Gasteiger partial charge in [-0.05, 0) is 51.6 Å². The molecule has 1 aliphatic rings. The molecule has 0 radical (unpaired) electrons. The van der Waals surface area contributed by atoms with E-state index in [1.165, 1.54) is 12.8 Å². The maximum Gasteiger partial charge on any atom is 0.0645 e. The van der Waals surface area contributed by atoms with Crippen LogP contribution < -0.4 is 5.32 Å². The molecule has 72 valence electrons. The van der Waals surface area contributed by atoms with Gasteiger partial charge >= 0.3 is 0 Å². The highest BCUT2D eigenvalue weighted by molar-refractivity contribution is 4.84. The standard InChI is InChI=1S/C10H21NO/c1-3-10(12)6-4-9(5-7-10)8-11-2/h9,11-12H,3-8H2,1-2H3. The van der Waals surface area contributed by atoms with Crippen molar-refractivity contribution in [3.8, 4) is 0 Å². The summed E-state index contributed by atoms with van der Waals surface area (Å²) in [6.07, 6.45) is 5.28. The Bertz CT molecular complexity index is 128. The lowest BCUT2D eigenvalue weighted by Gasteiger charge is -2.35. The summed E-state index contributed by atoms with van der Waals surface area (Å²) in [5, 5.41) is 13.1. The van der Waals surface area contributed by atoms with Crippen LogP contribution >= 0.6 is 0 Å². The Kier molecular flexibility index (Phi) is 3.53.